The minimum atomic E-state index is -2.81. The maximum absolute atomic E-state index is 11.2. The molecule has 1 aliphatic heterocycles. The number of azide groups is 1. The Morgan fingerprint density at radius 3 is 2.61 bits per heavy atom. The van der Waals surface area contributed by atoms with Crippen molar-refractivity contribution in [2.45, 2.75) is 49.6 Å². The van der Waals surface area contributed by atoms with Crippen LogP contribution >= 0.6 is 0 Å². The van der Waals surface area contributed by atoms with Gasteiger partial charge in [0, 0.05) is 18.3 Å². The average Bonchev–Trinajstić information content (AvgIpc) is 2.46. The second kappa shape index (κ2) is 7.55. The van der Waals surface area contributed by atoms with Gasteiger partial charge in [0.15, 0.2) is 0 Å². The fourth-order valence-electron chi connectivity index (χ4n) is 2.26. The van der Waals surface area contributed by atoms with Crippen LogP contribution in [0.1, 0.15) is 13.3 Å². The van der Waals surface area contributed by atoms with Crippen LogP contribution in [0.15, 0.2) is 5.11 Å². The van der Waals surface area contributed by atoms with Gasteiger partial charge in [-0.05, 0) is 5.53 Å². The summed E-state index contributed by atoms with van der Waals surface area (Å²) in [7, 11) is 0. The molecule has 0 saturated carbocycles. The molecule has 6 N–H and O–H groups in total. The number of ether oxygens (including phenoxy) is 1. The van der Waals surface area contributed by atoms with Gasteiger partial charge in [-0.15, -0.1) is 0 Å². The molecular formula is C11H18N4O8. The van der Waals surface area contributed by atoms with Crippen LogP contribution in [0.25, 0.3) is 10.4 Å². The fraction of sp³-hybridized carbons (Fsp3) is 0.818. The smallest absolute Gasteiger partial charge is 0.364 e. The molecule has 0 spiro atoms. The minimum absolute atomic E-state index is 0.564. The van der Waals surface area contributed by atoms with Gasteiger partial charge < -0.3 is 35.6 Å². The third-order valence-electron chi connectivity index (χ3n) is 3.35. The zero-order chi connectivity index (χ0) is 17.8. The lowest BCUT2D eigenvalue weighted by Gasteiger charge is -2.44. The van der Waals surface area contributed by atoms with Gasteiger partial charge in [-0.1, -0.05) is 5.11 Å². The normalized spacial score (nSPS) is 33.2. The summed E-state index contributed by atoms with van der Waals surface area (Å²) in [6.45, 7) is 0.552. The molecule has 12 heteroatoms. The summed E-state index contributed by atoms with van der Waals surface area (Å²) in [5, 5.41) is 53.9. The number of carbonyl (C=O) groups excluding carboxylic acids is 1. The van der Waals surface area contributed by atoms with E-state index in [1.54, 1.807) is 0 Å². The minimum Gasteiger partial charge on any atom is -0.477 e. The second-order valence-electron chi connectivity index (χ2n) is 5.14. The summed E-state index contributed by atoms with van der Waals surface area (Å²) in [6.07, 6.45) is -7.51. The first-order chi connectivity index (χ1) is 10.6. The topological polar surface area (TPSA) is 205 Å². The summed E-state index contributed by atoms with van der Waals surface area (Å²) in [5.74, 6) is -5.22. The summed E-state index contributed by atoms with van der Waals surface area (Å²) in [5.41, 5.74) is 8.20. The lowest BCUT2D eigenvalue weighted by atomic mass is 9.88. The predicted molar refractivity (Wildman–Crippen MR) is 71.7 cm³/mol. The Kier molecular flexibility index (Phi) is 6.27. The van der Waals surface area contributed by atoms with E-state index < -0.39 is 61.1 Å². The molecule has 0 aliphatic carbocycles. The van der Waals surface area contributed by atoms with Crippen molar-refractivity contribution in [2.75, 3.05) is 6.54 Å². The molecule has 1 amide bonds. The van der Waals surface area contributed by atoms with E-state index in [1.807, 2.05) is 0 Å². The highest BCUT2D eigenvalue weighted by Gasteiger charge is 2.53. The van der Waals surface area contributed by atoms with E-state index in [-0.39, 0.29) is 0 Å². The summed E-state index contributed by atoms with van der Waals surface area (Å²) in [4.78, 5) is 24.7. The fourth-order valence-corrected chi connectivity index (χ4v) is 2.26. The van der Waals surface area contributed by atoms with Crippen molar-refractivity contribution >= 4 is 11.9 Å². The number of rotatable bonds is 6. The van der Waals surface area contributed by atoms with Crippen molar-refractivity contribution in [3.8, 4) is 0 Å². The molecule has 1 rings (SSSR count). The van der Waals surface area contributed by atoms with Gasteiger partial charge in [0.2, 0.25) is 5.91 Å². The highest BCUT2D eigenvalue weighted by Crippen LogP contribution is 2.30. The number of carbonyl (C=O) groups is 2. The standard InChI is InChI=1S/C11H18N4O8/c1-4(16)14-7-5(17)2-11(22,10(20)21)23-9(7)8(19)6(18)3-13-15-12/h5-9,17-19,22H,2-3H2,1H3,(H,14,16)(H,20,21)/t5-,6?,7-,8?,9?,11+/m1/s1. The number of hydrogen-bond donors (Lipinski definition) is 6. The van der Waals surface area contributed by atoms with Crippen LogP contribution in [0.3, 0.4) is 0 Å². The maximum atomic E-state index is 11.2. The van der Waals surface area contributed by atoms with Crippen molar-refractivity contribution in [1.29, 1.82) is 0 Å². The summed E-state index contributed by atoms with van der Waals surface area (Å²) in [6, 6.07) is -1.29. The van der Waals surface area contributed by atoms with Crippen LogP contribution in [0.5, 0.6) is 0 Å². The highest BCUT2D eigenvalue weighted by atomic mass is 16.7. The predicted octanol–water partition coefficient (Wildman–Crippen LogP) is -2.55. The van der Waals surface area contributed by atoms with Crippen molar-refractivity contribution < 1.29 is 39.9 Å². The Hall–Kier alpha value is -1.95. The number of nitrogens with zero attached hydrogens (tertiary/aromatic N) is 3. The lowest BCUT2D eigenvalue weighted by Crippen LogP contribution is -2.67. The Morgan fingerprint density at radius 2 is 2.13 bits per heavy atom. The largest absolute Gasteiger partial charge is 0.477 e. The van der Waals surface area contributed by atoms with E-state index in [0.717, 1.165) is 6.92 Å². The molecule has 12 nitrogen and oxygen atoms in total. The van der Waals surface area contributed by atoms with Crippen LogP contribution in [0.4, 0.5) is 0 Å². The van der Waals surface area contributed by atoms with Crippen molar-refractivity contribution in [2.24, 2.45) is 5.11 Å². The molecule has 3 unspecified atom stereocenters. The zero-order valence-corrected chi connectivity index (χ0v) is 12.1. The second-order valence-corrected chi connectivity index (χ2v) is 5.14. The van der Waals surface area contributed by atoms with E-state index in [1.165, 1.54) is 0 Å². The van der Waals surface area contributed by atoms with Gasteiger partial charge in [0.05, 0.1) is 24.8 Å². The summed E-state index contributed by atoms with van der Waals surface area (Å²) < 4.78 is 4.92. The molecule has 0 bridgehead atoms. The average molecular weight is 334 g/mol. The Labute approximate surface area is 129 Å². The molecule has 1 saturated heterocycles. The number of carboxylic acids is 1. The van der Waals surface area contributed by atoms with Gasteiger partial charge in [-0.2, -0.15) is 0 Å². The van der Waals surface area contributed by atoms with Gasteiger partial charge >= 0.3 is 5.97 Å². The monoisotopic (exact) mass is 334 g/mol. The van der Waals surface area contributed by atoms with E-state index in [9.17, 15) is 30.0 Å². The van der Waals surface area contributed by atoms with Crippen LogP contribution in [0, 0.1) is 0 Å². The first kappa shape index (κ1) is 19.1. The Balaban J connectivity index is 3.08. The van der Waals surface area contributed by atoms with Gasteiger partial charge in [0.25, 0.3) is 5.79 Å². The third-order valence-corrected chi connectivity index (χ3v) is 3.35. The van der Waals surface area contributed by atoms with E-state index in [0.29, 0.717) is 0 Å². The van der Waals surface area contributed by atoms with E-state index in [2.05, 4.69) is 15.3 Å². The molecule has 1 fully saturated rings. The van der Waals surface area contributed by atoms with E-state index >= 15 is 0 Å². The Morgan fingerprint density at radius 1 is 1.52 bits per heavy atom. The first-order valence-corrected chi connectivity index (χ1v) is 6.58. The highest BCUT2D eigenvalue weighted by molar-refractivity contribution is 5.76. The number of aliphatic hydroxyl groups is 4. The van der Waals surface area contributed by atoms with Crippen LogP contribution in [-0.4, -0.2) is 80.2 Å². The molecule has 0 aromatic rings. The van der Waals surface area contributed by atoms with Crippen molar-refractivity contribution in [3.05, 3.63) is 10.4 Å². The number of nitrogens with one attached hydrogen (secondary N) is 1. The third kappa shape index (κ3) is 4.51. The molecule has 6 atom stereocenters. The first-order valence-electron chi connectivity index (χ1n) is 6.58. The van der Waals surface area contributed by atoms with Crippen LogP contribution in [0.2, 0.25) is 0 Å². The molecule has 1 heterocycles. The maximum Gasteiger partial charge on any atom is 0.364 e. The molecule has 23 heavy (non-hydrogen) atoms. The molecule has 130 valence electrons. The number of carboxylic acid groups (broad SMARTS) is 1. The van der Waals surface area contributed by atoms with Gasteiger partial charge in [0.1, 0.15) is 12.2 Å². The van der Waals surface area contributed by atoms with Crippen LogP contribution in [-0.2, 0) is 14.3 Å². The number of aliphatic carboxylic acids is 1. The zero-order valence-electron chi connectivity index (χ0n) is 12.1. The lowest BCUT2D eigenvalue weighted by molar-refractivity contribution is -0.294. The SMILES string of the molecule is CC(=O)N[C@H]1C(C(O)C(O)CN=[N+]=[N-])O[C@](O)(C(=O)O)C[C@H]1O. The van der Waals surface area contributed by atoms with Crippen molar-refractivity contribution in [1.82, 2.24) is 5.32 Å². The number of amides is 1. The van der Waals surface area contributed by atoms with Gasteiger partial charge in [-0.25, -0.2) is 4.79 Å². The molecule has 0 aromatic carbocycles. The van der Waals surface area contributed by atoms with E-state index in [4.69, 9.17) is 15.4 Å². The van der Waals surface area contributed by atoms with Gasteiger partial charge in [-0.3, -0.25) is 4.79 Å². The molecular weight excluding hydrogens is 316 g/mol. The Bertz CT molecular complexity index is 510. The molecule has 0 radical (unpaired) electrons. The van der Waals surface area contributed by atoms with Crippen LogP contribution < -0.4 is 5.32 Å². The molecule has 1 aliphatic rings. The van der Waals surface area contributed by atoms with Crippen molar-refractivity contribution in [3.63, 3.8) is 0 Å². The number of hydrogen-bond acceptors (Lipinski definition) is 8. The quantitative estimate of drug-likeness (QED) is 0.173. The summed E-state index contributed by atoms with van der Waals surface area (Å²) >= 11 is 0. The number of aliphatic hydroxyl groups excluding tert-OH is 3. The molecule has 0 aromatic heterocycles.